The fourth-order valence-corrected chi connectivity index (χ4v) is 1.57. The molecule has 4 nitrogen and oxygen atoms in total. The summed E-state index contributed by atoms with van der Waals surface area (Å²) in [4.78, 5) is 0. The quantitative estimate of drug-likeness (QED) is 0.868. The number of hydrogen-bond acceptors (Lipinski definition) is 3. The summed E-state index contributed by atoms with van der Waals surface area (Å²) in [5, 5.41) is 7.79. The van der Waals surface area contributed by atoms with Crippen LogP contribution >= 0.6 is 15.9 Å². The summed E-state index contributed by atoms with van der Waals surface area (Å²) < 4.78 is 8.35. The Morgan fingerprint density at radius 1 is 1.44 bits per heavy atom. The normalized spacial score (nSPS) is 10.4. The van der Waals surface area contributed by atoms with Crippen molar-refractivity contribution in [3.63, 3.8) is 0 Å². The van der Waals surface area contributed by atoms with Crippen LogP contribution in [0.3, 0.4) is 0 Å². The molecule has 0 fully saturated rings. The maximum Gasteiger partial charge on any atom is 0.134 e. The number of ether oxygens (including phenoxy) is 1. The second kappa shape index (κ2) is 4.65. The van der Waals surface area contributed by atoms with E-state index in [2.05, 4.69) is 26.2 Å². The van der Waals surface area contributed by atoms with Crippen molar-refractivity contribution in [3.05, 3.63) is 40.1 Å². The van der Waals surface area contributed by atoms with E-state index in [1.165, 1.54) is 0 Å². The number of rotatable bonds is 3. The van der Waals surface area contributed by atoms with Crippen molar-refractivity contribution >= 4 is 15.9 Å². The first-order chi connectivity index (χ1) is 7.65. The van der Waals surface area contributed by atoms with Crippen molar-refractivity contribution in [3.8, 4) is 5.75 Å². The summed E-state index contributed by atoms with van der Waals surface area (Å²) in [6.07, 6.45) is 1.84. The third kappa shape index (κ3) is 2.61. The van der Waals surface area contributed by atoms with Gasteiger partial charge in [-0.25, -0.2) is 0 Å². The summed E-state index contributed by atoms with van der Waals surface area (Å²) in [7, 11) is 1.83. The molecule has 0 N–H and O–H groups in total. The topological polar surface area (TPSA) is 39.9 Å². The van der Waals surface area contributed by atoms with Crippen molar-refractivity contribution in [2.24, 2.45) is 7.05 Å². The predicted octanol–water partition coefficient (Wildman–Crippen LogP) is 2.47. The lowest BCUT2D eigenvalue weighted by Crippen LogP contribution is -1.96. The molecule has 16 heavy (non-hydrogen) atoms. The van der Waals surface area contributed by atoms with E-state index in [1.54, 1.807) is 4.68 Å². The van der Waals surface area contributed by atoms with Crippen LogP contribution in [0.15, 0.2) is 28.9 Å². The maximum atomic E-state index is 5.60. The molecule has 0 aliphatic heterocycles. The number of nitrogens with zero attached hydrogens (tertiary/aromatic N) is 3. The minimum Gasteiger partial charge on any atom is -0.487 e. The minimum atomic E-state index is 0.439. The molecule has 84 valence electrons. The van der Waals surface area contributed by atoms with E-state index in [-0.39, 0.29) is 0 Å². The third-order valence-corrected chi connectivity index (χ3v) is 3.06. The molecule has 0 bridgehead atoms. The molecule has 0 aliphatic rings. The van der Waals surface area contributed by atoms with Crippen molar-refractivity contribution in [2.45, 2.75) is 13.5 Å². The first-order valence-corrected chi connectivity index (χ1v) is 5.68. The highest BCUT2D eigenvalue weighted by atomic mass is 79.9. The van der Waals surface area contributed by atoms with Gasteiger partial charge in [-0.1, -0.05) is 21.1 Å². The molecule has 0 atom stereocenters. The zero-order valence-corrected chi connectivity index (χ0v) is 10.7. The van der Waals surface area contributed by atoms with Gasteiger partial charge >= 0.3 is 0 Å². The van der Waals surface area contributed by atoms with Crippen LogP contribution in [-0.2, 0) is 13.7 Å². The van der Waals surface area contributed by atoms with Crippen LogP contribution in [0.2, 0.25) is 0 Å². The number of hydrogen-bond donors (Lipinski definition) is 0. The van der Waals surface area contributed by atoms with Crippen LogP contribution < -0.4 is 4.74 Å². The SMILES string of the molecule is Cc1cc(OCc2cn(C)nn2)ccc1Br. The number of halogens is 1. The van der Waals surface area contributed by atoms with Crippen LogP contribution in [0.4, 0.5) is 0 Å². The summed E-state index contributed by atoms with van der Waals surface area (Å²) in [6, 6.07) is 5.88. The van der Waals surface area contributed by atoms with Crippen molar-refractivity contribution in [1.82, 2.24) is 15.0 Å². The smallest absolute Gasteiger partial charge is 0.134 e. The zero-order chi connectivity index (χ0) is 11.5. The predicted molar refractivity (Wildman–Crippen MR) is 64.2 cm³/mol. The molecule has 0 amide bonds. The van der Waals surface area contributed by atoms with Gasteiger partial charge < -0.3 is 4.74 Å². The van der Waals surface area contributed by atoms with Crippen molar-refractivity contribution < 1.29 is 4.74 Å². The number of aromatic nitrogens is 3. The van der Waals surface area contributed by atoms with Crippen molar-refractivity contribution in [2.75, 3.05) is 0 Å². The Morgan fingerprint density at radius 3 is 2.88 bits per heavy atom. The second-order valence-corrected chi connectivity index (χ2v) is 4.44. The van der Waals surface area contributed by atoms with Crippen LogP contribution in [0.1, 0.15) is 11.3 Å². The highest BCUT2D eigenvalue weighted by Crippen LogP contribution is 2.21. The molecule has 0 saturated heterocycles. The molecule has 0 spiro atoms. The molecule has 2 rings (SSSR count). The van der Waals surface area contributed by atoms with Gasteiger partial charge in [0.05, 0.1) is 6.20 Å². The van der Waals surface area contributed by atoms with Gasteiger partial charge in [-0.05, 0) is 30.7 Å². The van der Waals surface area contributed by atoms with Gasteiger partial charge in [0.15, 0.2) is 0 Å². The molecular formula is C11H12BrN3O. The first kappa shape index (κ1) is 11.1. The third-order valence-electron chi connectivity index (χ3n) is 2.17. The monoisotopic (exact) mass is 281 g/mol. The molecule has 2 aromatic rings. The molecule has 0 aliphatic carbocycles. The molecule has 5 heteroatoms. The summed E-state index contributed by atoms with van der Waals surface area (Å²) in [5.41, 5.74) is 1.97. The lowest BCUT2D eigenvalue weighted by atomic mass is 10.2. The van der Waals surface area contributed by atoms with E-state index in [9.17, 15) is 0 Å². The maximum absolute atomic E-state index is 5.60. The Morgan fingerprint density at radius 2 is 2.25 bits per heavy atom. The summed E-state index contributed by atoms with van der Waals surface area (Å²) in [5.74, 6) is 0.839. The molecule has 0 unspecified atom stereocenters. The Balaban J connectivity index is 2.02. The van der Waals surface area contributed by atoms with Gasteiger partial charge in [0.1, 0.15) is 18.1 Å². The van der Waals surface area contributed by atoms with Gasteiger partial charge in [-0.2, -0.15) is 0 Å². The lowest BCUT2D eigenvalue weighted by Gasteiger charge is -2.05. The highest BCUT2D eigenvalue weighted by molar-refractivity contribution is 9.10. The van der Waals surface area contributed by atoms with E-state index in [4.69, 9.17) is 4.74 Å². The number of aryl methyl sites for hydroxylation is 2. The Hall–Kier alpha value is -1.36. The van der Waals surface area contributed by atoms with E-state index in [1.807, 2.05) is 38.4 Å². The Kier molecular flexibility index (Phi) is 3.24. The van der Waals surface area contributed by atoms with E-state index >= 15 is 0 Å². The van der Waals surface area contributed by atoms with Crippen LogP contribution in [0.5, 0.6) is 5.75 Å². The zero-order valence-electron chi connectivity index (χ0n) is 9.14. The molecule has 0 saturated carbocycles. The fraction of sp³-hybridized carbons (Fsp3) is 0.273. The molecule has 1 aromatic heterocycles. The first-order valence-electron chi connectivity index (χ1n) is 4.89. The van der Waals surface area contributed by atoms with Gasteiger partial charge in [0, 0.05) is 11.5 Å². The Bertz CT molecular complexity index is 496. The molecular weight excluding hydrogens is 270 g/mol. The molecule has 1 aromatic carbocycles. The van der Waals surface area contributed by atoms with Gasteiger partial charge in [0.2, 0.25) is 0 Å². The number of benzene rings is 1. The average molecular weight is 282 g/mol. The molecule has 1 heterocycles. The van der Waals surface area contributed by atoms with Gasteiger partial charge in [0.25, 0.3) is 0 Å². The van der Waals surface area contributed by atoms with Crippen LogP contribution in [-0.4, -0.2) is 15.0 Å². The average Bonchev–Trinajstić information content (AvgIpc) is 2.66. The highest BCUT2D eigenvalue weighted by Gasteiger charge is 2.01. The van der Waals surface area contributed by atoms with Crippen LogP contribution in [0.25, 0.3) is 0 Å². The summed E-state index contributed by atoms with van der Waals surface area (Å²) in [6.45, 7) is 2.47. The largest absolute Gasteiger partial charge is 0.487 e. The standard InChI is InChI=1S/C11H12BrN3O/c1-8-5-10(3-4-11(8)12)16-7-9-6-15(2)14-13-9/h3-6H,7H2,1-2H3. The second-order valence-electron chi connectivity index (χ2n) is 3.58. The summed E-state index contributed by atoms with van der Waals surface area (Å²) >= 11 is 3.45. The fourth-order valence-electron chi connectivity index (χ4n) is 1.33. The lowest BCUT2D eigenvalue weighted by molar-refractivity contribution is 0.301. The van der Waals surface area contributed by atoms with E-state index in [0.29, 0.717) is 6.61 Å². The van der Waals surface area contributed by atoms with Crippen molar-refractivity contribution in [1.29, 1.82) is 0 Å². The van der Waals surface area contributed by atoms with Crippen LogP contribution in [0, 0.1) is 6.92 Å². The van der Waals surface area contributed by atoms with E-state index < -0.39 is 0 Å². The molecule has 0 radical (unpaired) electrons. The Labute approximate surface area is 102 Å². The van der Waals surface area contributed by atoms with Gasteiger partial charge in [-0.3, -0.25) is 4.68 Å². The van der Waals surface area contributed by atoms with Gasteiger partial charge in [-0.15, -0.1) is 5.10 Å². The minimum absolute atomic E-state index is 0.439. The van der Waals surface area contributed by atoms with E-state index in [0.717, 1.165) is 21.5 Å².